The van der Waals surface area contributed by atoms with Crippen LogP contribution in [0.2, 0.25) is 0 Å². The molecule has 0 aliphatic carbocycles. The summed E-state index contributed by atoms with van der Waals surface area (Å²) in [5.41, 5.74) is 0. The SMILES string of the molecule is CCCCNc1nccn1C(C)CS(C)(=O)=O. The van der Waals surface area contributed by atoms with Gasteiger partial charge < -0.3 is 9.88 Å². The van der Waals surface area contributed by atoms with E-state index in [4.69, 9.17) is 0 Å². The zero-order valence-corrected chi connectivity index (χ0v) is 11.5. The summed E-state index contributed by atoms with van der Waals surface area (Å²) >= 11 is 0. The molecule has 1 unspecified atom stereocenters. The smallest absolute Gasteiger partial charge is 0.203 e. The first-order valence-corrected chi connectivity index (χ1v) is 7.94. The summed E-state index contributed by atoms with van der Waals surface area (Å²) in [5, 5.41) is 3.22. The molecule has 0 aliphatic rings. The highest BCUT2D eigenvalue weighted by Gasteiger charge is 2.14. The number of hydrogen-bond acceptors (Lipinski definition) is 4. The highest BCUT2D eigenvalue weighted by atomic mass is 32.2. The molecule has 0 amide bonds. The van der Waals surface area contributed by atoms with Gasteiger partial charge in [-0.3, -0.25) is 0 Å². The van der Waals surface area contributed by atoms with Crippen LogP contribution in [0.3, 0.4) is 0 Å². The molecule has 0 saturated heterocycles. The van der Waals surface area contributed by atoms with E-state index in [0.717, 1.165) is 25.3 Å². The van der Waals surface area contributed by atoms with Crippen molar-refractivity contribution in [2.45, 2.75) is 32.7 Å². The summed E-state index contributed by atoms with van der Waals surface area (Å²) in [6, 6.07) is -0.100. The lowest BCUT2D eigenvalue weighted by atomic mass is 10.3. The molecular weight excluding hydrogens is 238 g/mol. The van der Waals surface area contributed by atoms with Crippen molar-refractivity contribution in [1.82, 2.24) is 9.55 Å². The normalized spacial score (nSPS) is 13.6. The first-order chi connectivity index (χ1) is 7.94. The number of rotatable bonds is 7. The van der Waals surface area contributed by atoms with Crippen LogP contribution in [0.25, 0.3) is 0 Å². The Morgan fingerprint density at radius 2 is 2.24 bits per heavy atom. The number of unbranched alkanes of at least 4 members (excludes halogenated alkanes) is 1. The van der Waals surface area contributed by atoms with Gasteiger partial charge in [0.1, 0.15) is 9.84 Å². The lowest BCUT2D eigenvalue weighted by Crippen LogP contribution is -2.18. The lowest BCUT2D eigenvalue weighted by Gasteiger charge is -2.16. The van der Waals surface area contributed by atoms with Crippen molar-refractivity contribution in [2.24, 2.45) is 0 Å². The molecule has 17 heavy (non-hydrogen) atoms. The largest absolute Gasteiger partial charge is 0.356 e. The van der Waals surface area contributed by atoms with E-state index >= 15 is 0 Å². The third-order valence-electron chi connectivity index (χ3n) is 2.50. The minimum atomic E-state index is -2.97. The predicted octanol–water partition coefficient (Wildman–Crippen LogP) is 1.70. The van der Waals surface area contributed by atoms with Crippen LogP contribution in [0.15, 0.2) is 12.4 Å². The number of aromatic nitrogens is 2. The van der Waals surface area contributed by atoms with Gasteiger partial charge in [0.15, 0.2) is 0 Å². The molecule has 0 bridgehead atoms. The van der Waals surface area contributed by atoms with E-state index in [1.165, 1.54) is 6.26 Å². The van der Waals surface area contributed by atoms with Crippen LogP contribution in [-0.2, 0) is 9.84 Å². The van der Waals surface area contributed by atoms with Crippen molar-refractivity contribution in [3.05, 3.63) is 12.4 Å². The molecule has 1 heterocycles. The van der Waals surface area contributed by atoms with Crippen LogP contribution in [-0.4, -0.2) is 36.5 Å². The standard InChI is InChI=1S/C11H21N3O2S/c1-4-5-6-12-11-13-7-8-14(11)10(2)9-17(3,15)16/h7-8,10H,4-6,9H2,1-3H3,(H,12,13). The van der Waals surface area contributed by atoms with Gasteiger partial charge in [0.2, 0.25) is 5.95 Å². The average molecular weight is 259 g/mol. The molecule has 6 heteroatoms. The highest BCUT2D eigenvalue weighted by molar-refractivity contribution is 7.90. The van der Waals surface area contributed by atoms with Gasteiger partial charge in [-0.25, -0.2) is 13.4 Å². The monoisotopic (exact) mass is 259 g/mol. The second-order valence-corrected chi connectivity index (χ2v) is 6.56. The van der Waals surface area contributed by atoms with Crippen molar-refractivity contribution in [2.75, 3.05) is 23.9 Å². The van der Waals surface area contributed by atoms with Crippen LogP contribution >= 0.6 is 0 Å². The molecule has 0 fully saturated rings. The average Bonchev–Trinajstić information content (AvgIpc) is 2.64. The molecule has 0 spiro atoms. The fourth-order valence-corrected chi connectivity index (χ4v) is 2.74. The van der Waals surface area contributed by atoms with Gasteiger partial charge in [0.05, 0.1) is 5.75 Å². The molecule has 1 rings (SSSR count). The summed E-state index contributed by atoms with van der Waals surface area (Å²) in [4.78, 5) is 4.20. The molecule has 0 radical (unpaired) electrons. The van der Waals surface area contributed by atoms with Crippen molar-refractivity contribution < 1.29 is 8.42 Å². The Balaban J connectivity index is 2.67. The highest BCUT2D eigenvalue weighted by Crippen LogP contribution is 2.15. The summed E-state index contributed by atoms with van der Waals surface area (Å²) in [7, 11) is -2.97. The zero-order chi connectivity index (χ0) is 12.9. The summed E-state index contributed by atoms with van der Waals surface area (Å²) < 4.78 is 24.4. The third-order valence-corrected chi connectivity index (χ3v) is 3.59. The van der Waals surface area contributed by atoms with E-state index < -0.39 is 9.84 Å². The van der Waals surface area contributed by atoms with E-state index in [2.05, 4.69) is 17.2 Å². The molecule has 1 aromatic heterocycles. The Kier molecular flexibility index (Phi) is 4.99. The Morgan fingerprint density at radius 3 is 2.82 bits per heavy atom. The quantitative estimate of drug-likeness (QED) is 0.757. The van der Waals surface area contributed by atoms with E-state index in [9.17, 15) is 8.42 Å². The summed E-state index contributed by atoms with van der Waals surface area (Å²) in [6.07, 6.45) is 6.95. The Labute approximate surface area is 103 Å². The predicted molar refractivity (Wildman–Crippen MR) is 70.0 cm³/mol. The first-order valence-electron chi connectivity index (χ1n) is 5.88. The molecule has 98 valence electrons. The molecule has 1 aromatic rings. The van der Waals surface area contributed by atoms with Crippen molar-refractivity contribution in [1.29, 1.82) is 0 Å². The second-order valence-electron chi connectivity index (χ2n) is 4.38. The van der Waals surface area contributed by atoms with Crippen LogP contribution in [0, 0.1) is 0 Å². The second kappa shape index (κ2) is 6.05. The summed E-state index contributed by atoms with van der Waals surface area (Å²) in [6.45, 7) is 4.87. The fourth-order valence-electron chi connectivity index (χ4n) is 1.70. The van der Waals surface area contributed by atoms with Crippen LogP contribution in [0.1, 0.15) is 32.7 Å². The summed E-state index contributed by atoms with van der Waals surface area (Å²) in [5.74, 6) is 0.876. The number of hydrogen-bond donors (Lipinski definition) is 1. The van der Waals surface area contributed by atoms with E-state index in [1.807, 2.05) is 17.7 Å². The Hall–Kier alpha value is -1.04. The number of anilines is 1. The van der Waals surface area contributed by atoms with Crippen LogP contribution < -0.4 is 5.32 Å². The first kappa shape index (κ1) is 14.0. The minimum absolute atomic E-state index is 0.100. The van der Waals surface area contributed by atoms with Crippen LogP contribution in [0.5, 0.6) is 0 Å². The van der Waals surface area contributed by atoms with Gasteiger partial charge in [0, 0.05) is 31.2 Å². The Bertz CT molecular complexity index is 439. The molecule has 5 nitrogen and oxygen atoms in total. The van der Waals surface area contributed by atoms with E-state index in [0.29, 0.717) is 0 Å². The van der Waals surface area contributed by atoms with Crippen molar-refractivity contribution in [3.8, 4) is 0 Å². The Morgan fingerprint density at radius 1 is 1.53 bits per heavy atom. The molecular formula is C11H21N3O2S. The molecule has 1 atom stereocenters. The van der Waals surface area contributed by atoms with Gasteiger partial charge in [-0.2, -0.15) is 0 Å². The van der Waals surface area contributed by atoms with Crippen molar-refractivity contribution >= 4 is 15.8 Å². The number of nitrogens with zero attached hydrogens (tertiary/aromatic N) is 2. The van der Waals surface area contributed by atoms with Crippen molar-refractivity contribution in [3.63, 3.8) is 0 Å². The molecule has 0 aromatic carbocycles. The van der Waals surface area contributed by atoms with Crippen LogP contribution in [0.4, 0.5) is 5.95 Å². The number of imidazole rings is 1. The zero-order valence-electron chi connectivity index (χ0n) is 10.7. The maximum Gasteiger partial charge on any atom is 0.203 e. The lowest BCUT2D eigenvalue weighted by molar-refractivity contribution is 0.563. The van der Waals surface area contributed by atoms with E-state index in [1.54, 1.807) is 6.20 Å². The van der Waals surface area contributed by atoms with Gasteiger partial charge in [0.25, 0.3) is 0 Å². The molecule has 0 saturated carbocycles. The topological polar surface area (TPSA) is 64.0 Å². The molecule has 0 aliphatic heterocycles. The number of nitrogens with one attached hydrogen (secondary N) is 1. The van der Waals surface area contributed by atoms with Gasteiger partial charge in [-0.1, -0.05) is 13.3 Å². The number of sulfone groups is 1. The minimum Gasteiger partial charge on any atom is -0.356 e. The third kappa shape index (κ3) is 4.77. The van der Waals surface area contributed by atoms with Gasteiger partial charge >= 0.3 is 0 Å². The van der Waals surface area contributed by atoms with Gasteiger partial charge in [-0.05, 0) is 13.3 Å². The molecule has 1 N–H and O–H groups in total. The van der Waals surface area contributed by atoms with Gasteiger partial charge in [-0.15, -0.1) is 0 Å². The van der Waals surface area contributed by atoms with E-state index in [-0.39, 0.29) is 11.8 Å². The maximum atomic E-state index is 11.3. The maximum absolute atomic E-state index is 11.3. The fraction of sp³-hybridized carbons (Fsp3) is 0.727.